The van der Waals surface area contributed by atoms with Crippen LogP contribution in [0.4, 0.5) is 5.69 Å². The van der Waals surface area contributed by atoms with Gasteiger partial charge in [0.25, 0.3) is 0 Å². The standard InChI is InChI=1S/C22H26N6O/c1-4-27-9-11-28(12-10-27)15-5-6-16-18(13-15)24-22(23-16)21-20-14(2)19(29-3)8-7-17(20)25-26-21/h5-8,13H,4,9-12H2,1-3H3,(H,23,24)(H,25,26). The Morgan fingerprint density at radius 2 is 1.90 bits per heavy atom. The lowest BCUT2D eigenvalue weighted by atomic mass is 10.1. The molecule has 0 unspecified atom stereocenters. The first-order chi connectivity index (χ1) is 14.2. The van der Waals surface area contributed by atoms with Crippen LogP contribution < -0.4 is 9.64 Å². The predicted molar refractivity (Wildman–Crippen MR) is 117 cm³/mol. The number of hydrogen-bond acceptors (Lipinski definition) is 5. The topological polar surface area (TPSA) is 73.1 Å². The van der Waals surface area contributed by atoms with E-state index in [9.17, 15) is 0 Å². The minimum absolute atomic E-state index is 0.774. The molecule has 0 radical (unpaired) electrons. The molecule has 0 spiro atoms. The number of aryl methyl sites for hydroxylation is 1. The monoisotopic (exact) mass is 390 g/mol. The summed E-state index contributed by atoms with van der Waals surface area (Å²) < 4.78 is 5.49. The molecule has 0 atom stereocenters. The molecule has 0 aliphatic carbocycles. The summed E-state index contributed by atoms with van der Waals surface area (Å²) in [5, 5.41) is 8.70. The van der Waals surface area contributed by atoms with Crippen molar-refractivity contribution in [2.24, 2.45) is 0 Å². The van der Waals surface area contributed by atoms with E-state index >= 15 is 0 Å². The van der Waals surface area contributed by atoms with Crippen LogP contribution in [0.25, 0.3) is 33.5 Å². The highest BCUT2D eigenvalue weighted by Gasteiger charge is 2.19. The molecule has 2 aromatic heterocycles. The van der Waals surface area contributed by atoms with E-state index < -0.39 is 0 Å². The highest BCUT2D eigenvalue weighted by molar-refractivity contribution is 5.96. The van der Waals surface area contributed by atoms with Gasteiger partial charge in [0.05, 0.1) is 23.7 Å². The lowest BCUT2D eigenvalue weighted by Crippen LogP contribution is -2.46. The fraction of sp³-hybridized carbons (Fsp3) is 0.364. The maximum Gasteiger partial charge on any atom is 0.159 e. The van der Waals surface area contributed by atoms with E-state index in [2.05, 4.69) is 57.0 Å². The van der Waals surface area contributed by atoms with Gasteiger partial charge in [0, 0.05) is 42.8 Å². The number of anilines is 1. The molecule has 1 aliphatic heterocycles. The second-order valence-electron chi connectivity index (χ2n) is 7.60. The Bertz CT molecular complexity index is 1170. The highest BCUT2D eigenvalue weighted by Crippen LogP contribution is 2.33. The Balaban J connectivity index is 1.52. The van der Waals surface area contributed by atoms with Gasteiger partial charge in [-0.1, -0.05) is 6.92 Å². The van der Waals surface area contributed by atoms with E-state index in [-0.39, 0.29) is 0 Å². The second-order valence-corrected chi connectivity index (χ2v) is 7.60. The van der Waals surface area contributed by atoms with E-state index in [0.29, 0.717) is 0 Å². The summed E-state index contributed by atoms with van der Waals surface area (Å²) in [6, 6.07) is 10.4. The molecule has 1 aliphatic rings. The molecule has 0 bridgehead atoms. The van der Waals surface area contributed by atoms with Crippen molar-refractivity contribution in [2.45, 2.75) is 13.8 Å². The molecule has 7 heteroatoms. The van der Waals surface area contributed by atoms with Crippen molar-refractivity contribution in [1.82, 2.24) is 25.1 Å². The third-order valence-electron chi connectivity index (χ3n) is 6.03. The first-order valence-electron chi connectivity index (χ1n) is 10.2. The molecule has 2 aromatic carbocycles. The first-order valence-corrected chi connectivity index (χ1v) is 10.2. The molecule has 1 fully saturated rings. The lowest BCUT2D eigenvalue weighted by Gasteiger charge is -2.35. The fourth-order valence-corrected chi connectivity index (χ4v) is 4.28. The van der Waals surface area contributed by atoms with Crippen molar-refractivity contribution in [3.8, 4) is 17.3 Å². The molecular formula is C22H26N6O. The number of aromatic nitrogens is 4. The summed E-state index contributed by atoms with van der Waals surface area (Å²) in [6.07, 6.45) is 0. The molecule has 150 valence electrons. The summed E-state index contributed by atoms with van der Waals surface area (Å²) >= 11 is 0. The third kappa shape index (κ3) is 3.02. The van der Waals surface area contributed by atoms with Crippen LogP contribution in [0.3, 0.4) is 0 Å². The number of likely N-dealkylation sites (N-methyl/N-ethyl adjacent to an activating group) is 1. The molecule has 4 aromatic rings. The van der Waals surface area contributed by atoms with Gasteiger partial charge in [0.15, 0.2) is 5.82 Å². The van der Waals surface area contributed by atoms with E-state index in [1.165, 1.54) is 5.69 Å². The van der Waals surface area contributed by atoms with Gasteiger partial charge in [0.1, 0.15) is 11.4 Å². The number of aromatic amines is 2. The number of ether oxygens (including phenoxy) is 1. The second kappa shape index (κ2) is 7.08. The average molecular weight is 390 g/mol. The van der Waals surface area contributed by atoms with E-state index in [4.69, 9.17) is 9.72 Å². The van der Waals surface area contributed by atoms with E-state index in [0.717, 1.165) is 77.5 Å². The number of H-pyrrole nitrogens is 2. The summed E-state index contributed by atoms with van der Waals surface area (Å²) in [5.74, 6) is 1.63. The van der Waals surface area contributed by atoms with Crippen LogP contribution in [-0.4, -0.2) is 64.9 Å². The molecule has 3 heterocycles. The van der Waals surface area contributed by atoms with Gasteiger partial charge in [-0.2, -0.15) is 5.10 Å². The Kier molecular flexibility index (Phi) is 4.39. The lowest BCUT2D eigenvalue weighted by molar-refractivity contribution is 0.271. The van der Waals surface area contributed by atoms with Gasteiger partial charge in [-0.3, -0.25) is 5.10 Å². The van der Waals surface area contributed by atoms with Crippen LogP contribution in [0.1, 0.15) is 12.5 Å². The minimum atomic E-state index is 0.774. The van der Waals surface area contributed by atoms with Crippen LogP contribution in [-0.2, 0) is 0 Å². The Morgan fingerprint density at radius 3 is 2.66 bits per heavy atom. The maximum absolute atomic E-state index is 5.49. The van der Waals surface area contributed by atoms with Gasteiger partial charge in [-0.25, -0.2) is 4.98 Å². The van der Waals surface area contributed by atoms with Crippen molar-refractivity contribution < 1.29 is 4.74 Å². The number of benzene rings is 2. The molecule has 7 nitrogen and oxygen atoms in total. The Hall–Kier alpha value is -3.06. The summed E-state index contributed by atoms with van der Waals surface area (Å²) in [4.78, 5) is 13.2. The van der Waals surface area contributed by atoms with Crippen molar-refractivity contribution in [3.05, 3.63) is 35.9 Å². The average Bonchev–Trinajstić information content (AvgIpc) is 3.38. The Morgan fingerprint density at radius 1 is 1.07 bits per heavy atom. The number of piperazine rings is 1. The zero-order valence-corrected chi connectivity index (χ0v) is 17.1. The predicted octanol–water partition coefficient (Wildman–Crippen LogP) is 3.57. The van der Waals surface area contributed by atoms with Crippen molar-refractivity contribution in [3.63, 3.8) is 0 Å². The van der Waals surface area contributed by atoms with Crippen LogP contribution in [0, 0.1) is 6.92 Å². The normalized spacial score (nSPS) is 15.5. The van der Waals surface area contributed by atoms with Crippen LogP contribution in [0.2, 0.25) is 0 Å². The number of hydrogen-bond donors (Lipinski definition) is 2. The van der Waals surface area contributed by atoms with Gasteiger partial charge in [-0.15, -0.1) is 0 Å². The molecule has 0 amide bonds. The zero-order chi connectivity index (χ0) is 20.0. The number of rotatable bonds is 4. The summed E-state index contributed by atoms with van der Waals surface area (Å²) in [7, 11) is 1.69. The minimum Gasteiger partial charge on any atom is -0.496 e. The summed E-state index contributed by atoms with van der Waals surface area (Å²) in [6.45, 7) is 9.75. The molecular weight excluding hydrogens is 364 g/mol. The molecule has 2 N–H and O–H groups in total. The maximum atomic E-state index is 5.49. The number of fused-ring (bicyclic) bond motifs is 2. The van der Waals surface area contributed by atoms with E-state index in [1.807, 2.05) is 12.1 Å². The van der Waals surface area contributed by atoms with Crippen LogP contribution >= 0.6 is 0 Å². The number of nitrogens with one attached hydrogen (secondary N) is 2. The highest BCUT2D eigenvalue weighted by atomic mass is 16.5. The van der Waals surface area contributed by atoms with Gasteiger partial charge < -0.3 is 19.5 Å². The number of methoxy groups -OCH3 is 1. The molecule has 5 rings (SSSR count). The quantitative estimate of drug-likeness (QED) is 0.557. The molecule has 29 heavy (non-hydrogen) atoms. The van der Waals surface area contributed by atoms with Gasteiger partial charge >= 0.3 is 0 Å². The number of nitrogens with zero attached hydrogens (tertiary/aromatic N) is 4. The summed E-state index contributed by atoms with van der Waals surface area (Å²) in [5.41, 5.74) is 6.09. The number of imidazole rings is 1. The Labute approximate surface area is 169 Å². The first kappa shape index (κ1) is 18.0. The van der Waals surface area contributed by atoms with E-state index in [1.54, 1.807) is 7.11 Å². The zero-order valence-electron chi connectivity index (χ0n) is 17.1. The SMILES string of the molecule is CCN1CCN(c2ccc3nc(-c4n[nH]c5ccc(OC)c(C)c45)[nH]c3c2)CC1. The smallest absolute Gasteiger partial charge is 0.159 e. The van der Waals surface area contributed by atoms with Crippen molar-refractivity contribution in [2.75, 3.05) is 44.7 Å². The van der Waals surface area contributed by atoms with Crippen LogP contribution in [0.5, 0.6) is 5.75 Å². The molecule has 0 saturated carbocycles. The third-order valence-corrected chi connectivity index (χ3v) is 6.03. The van der Waals surface area contributed by atoms with Crippen molar-refractivity contribution in [1.29, 1.82) is 0 Å². The molecule has 1 saturated heterocycles. The fourth-order valence-electron chi connectivity index (χ4n) is 4.28. The van der Waals surface area contributed by atoms with Crippen molar-refractivity contribution >= 4 is 27.6 Å². The van der Waals surface area contributed by atoms with Crippen LogP contribution in [0.15, 0.2) is 30.3 Å². The van der Waals surface area contributed by atoms with Gasteiger partial charge in [-0.05, 0) is 43.8 Å². The largest absolute Gasteiger partial charge is 0.496 e. The van der Waals surface area contributed by atoms with Gasteiger partial charge in [0.2, 0.25) is 0 Å².